The monoisotopic (exact) mass is 258 g/mol. The van der Waals surface area contributed by atoms with Gasteiger partial charge in [-0.2, -0.15) is 0 Å². The number of aromatic amines is 1. The number of nitrogens with zero attached hydrogens (tertiary/aromatic N) is 1. The van der Waals surface area contributed by atoms with Gasteiger partial charge in [0.1, 0.15) is 5.69 Å². The first kappa shape index (κ1) is 12.3. The fourth-order valence-corrected chi connectivity index (χ4v) is 2.44. The zero-order valence-corrected chi connectivity index (χ0v) is 11.7. The third-order valence-electron chi connectivity index (χ3n) is 3.96. The van der Waals surface area contributed by atoms with Crippen LogP contribution in [0.3, 0.4) is 0 Å². The van der Waals surface area contributed by atoms with Crippen molar-refractivity contribution in [1.29, 1.82) is 0 Å². The van der Waals surface area contributed by atoms with E-state index in [1.165, 1.54) is 5.56 Å². The van der Waals surface area contributed by atoms with Crippen LogP contribution in [0, 0.1) is 0 Å². The molecule has 1 aromatic heterocycles. The van der Waals surface area contributed by atoms with E-state index in [0.29, 0.717) is 17.7 Å². The molecule has 0 spiro atoms. The number of fused-ring (bicyclic) bond motifs is 1. The van der Waals surface area contributed by atoms with Crippen LogP contribution in [-0.4, -0.2) is 28.9 Å². The van der Waals surface area contributed by atoms with E-state index >= 15 is 0 Å². The molecule has 1 saturated carbocycles. The molecule has 0 saturated heterocycles. The Labute approximate surface area is 115 Å². The minimum atomic E-state index is 0. The van der Waals surface area contributed by atoms with Gasteiger partial charge in [-0.25, -0.2) is 0 Å². The van der Waals surface area contributed by atoms with Gasteiger partial charge in [-0.1, -0.05) is 26.0 Å². The van der Waals surface area contributed by atoms with E-state index in [1.54, 1.807) is 0 Å². The molecule has 0 unspecified atom stereocenters. The first-order valence-corrected chi connectivity index (χ1v) is 6.96. The molecule has 3 heteroatoms. The number of hydrogen-bond donors (Lipinski definition) is 1. The Balaban J connectivity index is 0.00000147. The van der Waals surface area contributed by atoms with Gasteiger partial charge in [-0.05, 0) is 36.5 Å². The number of nitrogens with one attached hydrogen (secondary N) is 1. The molecule has 3 nitrogen and oxygen atoms in total. The Morgan fingerprint density at radius 3 is 2.74 bits per heavy atom. The first-order valence-electron chi connectivity index (χ1n) is 6.96. The highest BCUT2D eigenvalue weighted by Crippen LogP contribution is 2.28. The van der Waals surface area contributed by atoms with Crippen molar-refractivity contribution < 1.29 is 6.22 Å². The lowest BCUT2D eigenvalue weighted by Gasteiger charge is -2.14. The summed E-state index contributed by atoms with van der Waals surface area (Å²) in [6.45, 7) is 4.36. The van der Waals surface area contributed by atoms with E-state index in [4.69, 9.17) is 0 Å². The van der Waals surface area contributed by atoms with E-state index in [2.05, 4.69) is 37.0 Å². The second-order valence-corrected chi connectivity index (χ2v) is 5.83. The average Bonchev–Trinajstić information content (AvgIpc) is 3.15. The molecule has 102 valence electrons. The predicted molar refractivity (Wildman–Crippen MR) is 79.6 cm³/mol. The highest BCUT2D eigenvalue weighted by Gasteiger charge is 2.30. The predicted octanol–water partition coefficient (Wildman–Crippen LogP) is 3.77. The van der Waals surface area contributed by atoms with Gasteiger partial charge >= 0.3 is 0 Å². The average molecular weight is 258 g/mol. The Kier molecular flexibility index (Phi) is 2.85. The number of H-pyrrole nitrogens is 1. The SMILES string of the molecule is CC(C)c1ccc2cc(C(=O)N(C)C3CC3)[nH]c2c1.[HH]. The standard InChI is InChI=1S/C16H20N2O.H2/c1-10(2)11-4-5-12-9-15(17-14(12)8-11)16(19)18(3)13-6-7-13;/h4-5,8-10,13,17H,6-7H2,1-3H3;1H. The molecule has 1 heterocycles. The van der Waals surface area contributed by atoms with Crippen LogP contribution in [0.1, 0.15) is 50.1 Å². The molecule has 1 aromatic carbocycles. The molecule has 0 radical (unpaired) electrons. The molecule has 1 aliphatic rings. The van der Waals surface area contributed by atoms with Crippen LogP contribution >= 0.6 is 0 Å². The summed E-state index contributed by atoms with van der Waals surface area (Å²) in [7, 11) is 1.89. The number of hydrogen-bond acceptors (Lipinski definition) is 1. The van der Waals surface area contributed by atoms with E-state index in [0.717, 1.165) is 23.7 Å². The van der Waals surface area contributed by atoms with E-state index in [-0.39, 0.29) is 7.33 Å². The highest BCUT2D eigenvalue weighted by molar-refractivity contribution is 5.98. The summed E-state index contributed by atoms with van der Waals surface area (Å²) in [5.41, 5.74) is 3.05. The van der Waals surface area contributed by atoms with Crippen LogP contribution < -0.4 is 0 Å². The van der Waals surface area contributed by atoms with Gasteiger partial charge in [0.25, 0.3) is 5.91 Å². The summed E-state index contributed by atoms with van der Waals surface area (Å²) in [6.07, 6.45) is 2.28. The molecule has 0 atom stereocenters. The van der Waals surface area contributed by atoms with Gasteiger partial charge in [0.05, 0.1) is 0 Å². The minimum absolute atomic E-state index is 0. The summed E-state index contributed by atoms with van der Waals surface area (Å²) >= 11 is 0. The van der Waals surface area contributed by atoms with Crippen molar-refractivity contribution in [2.45, 2.75) is 38.6 Å². The van der Waals surface area contributed by atoms with Gasteiger partial charge in [0.2, 0.25) is 0 Å². The number of benzene rings is 1. The van der Waals surface area contributed by atoms with E-state index in [1.807, 2.05) is 18.0 Å². The highest BCUT2D eigenvalue weighted by atomic mass is 16.2. The van der Waals surface area contributed by atoms with Crippen molar-refractivity contribution in [3.63, 3.8) is 0 Å². The van der Waals surface area contributed by atoms with Crippen LogP contribution in [0.25, 0.3) is 10.9 Å². The lowest BCUT2D eigenvalue weighted by Crippen LogP contribution is -2.28. The number of aromatic nitrogens is 1. The normalized spacial score (nSPS) is 15.2. The third kappa shape index (κ3) is 2.25. The second kappa shape index (κ2) is 4.41. The summed E-state index contributed by atoms with van der Waals surface area (Å²) in [5.74, 6) is 0.603. The van der Waals surface area contributed by atoms with Gasteiger partial charge in [0, 0.05) is 25.4 Å². The molecule has 1 aliphatic carbocycles. The molecular weight excluding hydrogens is 236 g/mol. The lowest BCUT2D eigenvalue weighted by molar-refractivity contribution is 0.0780. The quantitative estimate of drug-likeness (QED) is 0.893. The van der Waals surface area contributed by atoms with Crippen molar-refractivity contribution in [1.82, 2.24) is 9.88 Å². The molecule has 0 aliphatic heterocycles. The van der Waals surface area contributed by atoms with Gasteiger partial charge in [-0.15, -0.1) is 0 Å². The molecule has 1 amide bonds. The molecule has 2 aromatic rings. The summed E-state index contributed by atoms with van der Waals surface area (Å²) in [5, 5.41) is 1.11. The second-order valence-electron chi connectivity index (χ2n) is 5.83. The fraction of sp³-hybridized carbons (Fsp3) is 0.438. The van der Waals surface area contributed by atoms with Gasteiger partial charge in [0.15, 0.2) is 0 Å². The Morgan fingerprint density at radius 1 is 1.37 bits per heavy atom. The summed E-state index contributed by atoms with van der Waals surface area (Å²) in [4.78, 5) is 17.4. The van der Waals surface area contributed by atoms with Crippen molar-refractivity contribution in [3.05, 3.63) is 35.5 Å². The lowest BCUT2D eigenvalue weighted by atomic mass is 10.0. The van der Waals surface area contributed by atoms with E-state index < -0.39 is 0 Å². The maximum atomic E-state index is 12.3. The van der Waals surface area contributed by atoms with Crippen LogP contribution in [0.15, 0.2) is 24.3 Å². The number of carbonyl (C=O) groups excluding carboxylic acids is 1. The minimum Gasteiger partial charge on any atom is -0.351 e. The van der Waals surface area contributed by atoms with Crippen LogP contribution in [0.4, 0.5) is 0 Å². The van der Waals surface area contributed by atoms with Gasteiger partial charge < -0.3 is 9.88 Å². The molecule has 3 rings (SSSR count). The smallest absolute Gasteiger partial charge is 0.270 e. The van der Waals surface area contributed by atoms with E-state index in [9.17, 15) is 4.79 Å². The Morgan fingerprint density at radius 2 is 2.11 bits per heavy atom. The molecule has 0 bridgehead atoms. The van der Waals surface area contributed by atoms with Crippen molar-refractivity contribution in [2.24, 2.45) is 0 Å². The maximum Gasteiger partial charge on any atom is 0.270 e. The number of amides is 1. The molecule has 1 N–H and O–H groups in total. The summed E-state index contributed by atoms with van der Waals surface area (Å²) < 4.78 is 0. The van der Waals surface area contributed by atoms with Crippen molar-refractivity contribution in [2.75, 3.05) is 7.05 Å². The summed E-state index contributed by atoms with van der Waals surface area (Å²) in [6, 6.07) is 8.79. The maximum absolute atomic E-state index is 12.3. The third-order valence-corrected chi connectivity index (χ3v) is 3.96. The topological polar surface area (TPSA) is 36.1 Å². The first-order chi connectivity index (χ1) is 9.06. The van der Waals surface area contributed by atoms with Crippen LogP contribution in [0.2, 0.25) is 0 Å². The van der Waals surface area contributed by atoms with Crippen LogP contribution in [0.5, 0.6) is 0 Å². The zero-order chi connectivity index (χ0) is 13.6. The molecule has 19 heavy (non-hydrogen) atoms. The van der Waals surface area contributed by atoms with Crippen molar-refractivity contribution in [3.8, 4) is 0 Å². The van der Waals surface area contributed by atoms with Gasteiger partial charge in [-0.3, -0.25) is 4.79 Å². The Hall–Kier alpha value is -1.77. The largest absolute Gasteiger partial charge is 0.351 e. The zero-order valence-electron chi connectivity index (χ0n) is 11.7. The molecule has 1 fully saturated rings. The number of carbonyl (C=O) groups is 1. The Bertz CT molecular complexity index is 628. The fourth-order valence-electron chi connectivity index (χ4n) is 2.44. The number of rotatable bonds is 3. The molecular formula is C16H22N2O. The van der Waals surface area contributed by atoms with Crippen LogP contribution in [-0.2, 0) is 0 Å². The van der Waals surface area contributed by atoms with Crippen molar-refractivity contribution >= 4 is 16.8 Å².